The molecule has 2 aromatic rings. The predicted molar refractivity (Wildman–Crippen MR) is 85.6 cm³/mol. The molecule has 2 rings (SSSR count). The molecule has 0 aliphatic heterocycles. The molecule has 0 atom stereocenters. The molecule has 0 aliphatic carbocycles. The van der Waals surface area contributed by atoms with Crippen LogP contribution in [0.25, 0.3) is 11.1 Å². The molecule has 0 radical (unpaired) electrons. The molecule has 0 aromatic heterocycles. The number of halogens is 1. The molecule has 0 bridgehead atoms. The summed E-state index contributed by atoms with van der Waals surface area (Å²) in [6.07, 6.45) is 1.91. The molecule has 0 heterocycles. The summed E-state index contributed by atoms with van der Waals surface area (Å²) in [4.78, 5) is 10.7. The van der Waals surface area contributed by atoms with Gasteiger partial charge in [-0.1, -0.05) is 68.8 Å². The third-order valence-corrected chi connectivity index (χ3v) is 4.30. The molecule has 20 heavy (non-hydrogen) atoms. The third-order valence-electron chi connectivity index (χ3n) is 3.99. The highest BCUT2D eigenvalue weighted by Gasteiger charge is 2.17. The molecule has 0 aliphatic rings. The summed E-state index contributed by atoms with van der Waals surface area (Å²) >= 11 is 6.24. The fraction of sp³-hybridized carbons (Fsp3) is 0.278. The Morgan fingerprint density at radius 3 is 2.25 bits per heavy atom. The van der Waals surface area contributed by atoms with Crippen molar-refractivity contribution in [2.24, 2.45) is 0 Å². The van der Waals surface area contributed by atoms with Gasteiger partial charge in [-0.3, -0.25) is 4.79 Å². The van der Waals surface area contributed by atoms with Crippen molar-refractivity contribution < 1.29 is 4.79 Å². The van der Waals surface area contributed by atoms with E-state index in [9.17, 15) is 4.79 Å². The van der Waals surface area contributed by atoms with Gasteiger partial charge >= 0.3 is 0 Å². The van der Waals surface area contributed by atoms with Crippen LogP contribution in [0.1, 0.15) is 43.1 Å². The number of aldehydes is 1. The van der Waals surface area contributed by atoms with E-state index >= 15 is 0 Å². The maximum atomic E-state index is 10.7. The maximum Gasteiger partial charge on any atom is 0.150 e. The SMILES string of the molecule is CCC(C)(C)c1ccc(-c2ccc(C=O)cc2Cl)cc1. The van der Waals surface area contributed by atoms with Crippen molar-refractivity contribution in [2.45, 2.75) is 32.6 Å². The number of rotatable bonds is 4. The van der Waals surface area contributed by atoms with Gasteiger partial charge in [-0.2, -0.15) is 0 Å². The molecular weight excluding hydrogens is 268 g/mol. The predicted octanol–water partition coefficient (Wildman–Crippen LogP) is 5.51. The van der Waals surface area contributed by atoms with Crippen molar-refractivity contribution in [1.29, 1.82) is 0 Å². The zero-order chi connectivity index (χ0) is 14.8. The fourth-order valence-electron chi connectivity index (χ4n) is 2.14. The van der Waals surface area contributed by atoms with E-state index in [1.54, 1.807) is 12.1 Å². The van der Waals surface area contributed by atoms with Gasteiger partial charge in [0.1, 0.15) is 6.29 Å². The van der Waals surface area contributed by atoms with Crippen molar-refractivity contribution >= 4 is 17.9 Å². The average molecular weight is 287 g/mol. The first-order chi connectivity index (χ1) is 9.47. The van der Waals surface area contributed by atoms with Crippen LogP contribution in [0.3, 0.4) is 0 Å². The second-order valence-electron chi connectivity index (χ2n) is 5.67. The summed E-state index contributed by atoms with van der Waals surface area (Å²) in [5.41, 5.74) is 4.14. The molecule has 0 N–H and O–H groups in total. The van der Waals surface area contributed by atoms with Gasteiger partial charge in [0.25, 0.3) is 0 Å². The average Bonchev–Trinajstić information content (AvgIpc) is 2.47. The zero-order valence-electron chi connectivity index (χ0n) is 12.1. The quantitative estimate of drug-likeness (QED) is 0.678. The summed E-state index contributed by atoms with van der Waals surface area (Å²) in [5, 5.41) is 0.608. The normalized spacial score (nSPS) is 11.4. The summed E-state index contributed by atoms with van der Waals surface area (Å²) < 4.78 is 0. The molecule has 0 saturated heterocycles. The molecule has 0 saturated carbocycles. The lowest BCUT2D eigenvalue weighted by molar-refractivity contribution is 0.112. The fourth-order valence-corrected chi connectivity index (χ4v) is 2.44. The van der Waals surface area contributed by atoms with Crippen molar-refractivity contribution in [3.63, 3.8) is 0 Å². The van der Waals surface area contributed by atoms with Crippen LogP contribution in [0.2, 0.25) is 5.02 Å². The van der Waals surface area contributed by atoms with Gasteiger partial charge in [-0.15, -0.1) is 0 Å². The largest absolute Gasteiger partial charge is 0.298 e. The molecule has 2 aromatic carbocycles. The number of hydrogen-bond acceptors (Lipinski definition) is 1. The van der Waals surface area contributed by atoms with Crippen molar-refractivity contribution in [1.82, 2.24) is 0 Å². The second kappa shape index (κ2) is 5.80. The van der Waals surface area contributed by atoms with Crippen molar-refractivity contribution in [2.75, 3.05) is 0 Å². The van der Waals surface area contributed by atoms with Crippen LogP contribution in [0, 0.1) is 0 Å². The molecular formula is C18H19ClO. The molecule has 1 nitrogen and oxygen atoms in total. The van der Waals surface area contributed by atoms with E-state index in [1.165, 1.54) is 5.56 Å². The zero-order valence-corrected chi connectivity index (χ0v) is 12.9. The monoisotopic (exact) mass is 286 g/mol. The molecule has 2 heteroatoms. The van der Waals surface area contributed by atoms with Gasteiger partial charge in [-0.05, 0) is 29.0 Å². The Bertz CT molecular complexity index is 612. The van der Waals surface area contributed by atoms with Gasteiger partial charge in [0.2, 0.25) is 0 Å². The molecule has 104 valence electrons. The highest BCUT2D eigenvalue weighted by molar-refractivity contribution is 6.33. The number of carbonyl (C=O) groups excluding carboxylic acids is 1. The Balaban J connectivity index is 2.38. The minimum Gasteiger partial charge on any atom is -0.298 e. The topological polar surface area (TPSA) is 17.1 Å². The van der Waals surface area contributed by atoms with Crippen LogP contribution in [0.4, 0.5) is 0 Å². The summed E-state index contributed by atoms with van der Waals surface area (Å²) in [6, 6.07) is 13.9. The Labute approximate surface area is 125 Å². The first kappa shape index (κ1) is 14.8. The molecule has 0 amide bonds. The van der Waals surface area contributed by atoms with E-state index in [2.05, 4.69) is 45.0 Å². The van der Waals surface area contributed by atoms with Crippen LogP contribution in [0.5, 0.6) is 0 Å². The standard InChI is InChI=1S/C18H19ClO/c1-4-18(2,3)15-8-6-14(7-9-15)16-10-5-13(12-20)11-17(16)19/h5-12H,4H2,1-3H3. The van der Waals surface area contributed by atoms with E-state index < -0.39 is 0 Å². The van der Waals surface area contributed by atoms with Crippen LogP contribution >= 0.6 is 11.6 Å². The van der Waals surface area contributed by atoms with Gasteiger partial charge < -0.3 is 0 Å². The smallest absolute Gasteiger partial charge is 0.150 e. The lowest BCUT2D eigenvalue weighted by Gasteiger charge is -2.23. The van der Waals surface area contributed by atoms with E-state index in [0.29, 0.717) is 10.6 Å². The Kier molecular flexibility index (Phi) is 4.29. The highest BCUT2D eigenvalue weighted by atomic mass is 35.5. The van der Waals surface area contributed by atoms with Crippen LogP contribution < -0.4 is 0 Å². The number of benzene rings is 2. The van der Waals surface area contributed by atoms with E-state index in [4.69, 9.17) is 11.6 Å². The number of carbonyl (C=O) groups is 1. The lowest BCUT2D eigenvalue weighted by atomic mass is 9.82. The lowest BCUT2D eigenvalue weighted by Crippen LogP contribution is -2.14. The van der Waals surface area contributed by atoms with Gasteiger partial charge in [0.15, 0.2) is 0 Å². The van der Waals surface area contributed by atoms with Crippen LogP contribution in [-0.2, 0) is 5.41 Å². The maximum absolute atomic E-state index is 10.7. The third kappa shape index (κ3) is 2.94. The van der Waals surface area contributed by atoms with Gasteiger partial charge in [0, 0.05) is 16.1 Å². The van der Waals surface area contributed by atoms with E-state index in [1.807, 2.05) is 6.07 Å². The van der Waals surface area contributed by atoms with E-state index in [0.717, 1.165) is 23.8 Å². The minimum atomic E-state index is 0.184. The highest BCUT2D eigenvalue weighted by Crippen LogP contribution is 2.32. The van der Waals surface area contributed by atoms with Gasteiger partial charge in [0.05, 0.1) is 0 Å². The molecule has 0 fully saturated rings. The molecule has 0 unspecified atom stereocenters. The van der Waals surface area contributed by atoms with Crippen molar-refractivity contribution in [3.05, 3.63) is 58.6 Å². The van der Waals surface area contributed by atoms with E-state index in [-0.39, 0.29) is 5.41 Å². The first-order valence-electron chi connectivity index (χ1n) is 6.83. The second-order valence-corrected chi connectivity index (χ2v) is 6.08. The van der Waals surface area contributed by atoms with Crippen molar-refractivity contribution in [3.8, 4) is 11.1 Å². The van der Waals surface area contributed by atoms with Gasteiger partial charge in [-0.25, -0.2) is 0 Å². The number of hydrogen-bond donors (Lipinski definition) is 0. The molecule has 0 spiro atoms. The summed E-state index contributed by atoms with van der Waals surface area (Å²) in [7, 11) is 0. The Hall–Kier alpha value is -1.60. The summed E-state index contributed by atoms with van der Waals surface area (Å²) in [5.74, 6) is 0. The minimum absolute atomic E-state index is 0.184. The summed E-state index contributed by atoms with van der Waals surface area (Å²) in [6.45, 7) is 6.69. The van der Waals surface area contributed by atoms with Crippen LogP contribution in [0.15, 0.2) is 42.5 Å². The Morgan fingerprint density at radius 2 is 1.75 bits per heavy atom. The van der Waals surface area contributed by atoms with Crippen LogP contribution in [-0.4, -0.2) is 6.29 Å². The first-order valence-corrected chi connectivity index (χ1v) is 7.21. The Morgan fingerprint density at radius 1 is 1.10 bits per heavy atom.